The highest BCUT2D eigenvalue weighted by Gasteiger charge is 2.13. The van der Waals surface area contributed by atoms with E-state index in [4.69, 9.17) is 16.3 Å². The van der Waals surface area contributed by atoms with Crippen LogP contribution < -0.4 is 4.90 Å². The third-order valence-electron chi connectivity index (χ3n) is 1.81. The highest BCUT2D eigenvalue weighted by Crippen LogP contribution is 2.19. The molecule has 1 aromatic rings. The minimum absolute atomic E-state index is 0.126. The van der Waals surface area contributed by atoms with E-state index in [1.165, 1.54) is 4.90 Å². The number of rotatable bonds is 2. The summed E-state index contributed by atoms with van der Waals surface area (Å²) in [6.07, 6.45) is -0.508. The number of carbonyl (C=O) groups excluding carboxylic acids is 1. The SMILES string of the molecule is CC(C)OC(=O)N(C)c1cccc(Cl)c1. The molecule has 1 amide bonds. The maximum Gasteiger partial charge on any atom is 0.414 e. The van der Waals surface area contributed by atoms with E-state index in [-0.39, 0.29) is 12.2 Å². The van der Waals surface area contributed by atoms with Gasteiger partial charge in [0, 0.05) is 17.8 Å². The van der Waals surface area contributed by atoms with Crippen molar-refractivity contribution in [2.24, 2.45) is 0 Å². The molecule has 0 saturated carbocycles. The summed E-state index contributed by atoms with van der Waals surface area (Å²) in [4.78, 5) is 12.9. The Labute approximate surface area is 94.6 Å². The monoisotopic (exact) mass is 227 g/mol. The van der Waals surface area contributed by atoms with Crippen LogP contribution in [0.3, 0.4) is 0 Å². The van der Waals surface area contributed by atoms with Crippen molar-refractivity contribution >= 4 is 23.4 Å². The normalized spacial score (nSPS) is 10.2. The lowest BCUT2D eigenvalue weighted by Gasteiger charge is -2.18. The lowest BCUT2D eigenvalue weighted by molar-refractivity contribution is 0.124. The maximum atomic E-state index is 11.5. The first-order valence-corrected chi connectivity index (χ1v) is 5.08. The molecule has 0 atom stereocenters. The van der Waals surface area contributed by atoms with Gasteiger partial charge in [0.15, 0.2) is 0 Å². The summed E-state index contributed by atoms with van der Waals surface area (Å²) < 4.78 is 5.05. The first-order valence-electron chi connectivity index (χ1n) is 4.70. The van der Waals surface area contributed by atoms with Crippen molar-refractivity contribution in [3.05, 3.63) is 29.3 Å². The van der Waals surface area contributed by atoms with Crippen LogP contribution in [0, 0.1) is 0 Å². The van der Waals surface area contributed by atoms with Gasteiger partial charge >= 0.3 is 6.09 Å². The van der Waals surface area contributed by atoms with Gasteiger partial charge in [-0.05, 0) is 32.0 Å². The van der Waals surface area contributed by atoms with Crippen molar-refractivity contribution in [3.63, 3.8) is 0 Å². The Hall–Kier alpha value is -1.22. The van der Waals surface area contributed by atoms with E-state index in [9.17, 15) is 4.79 Å². The molecule has 0 aliphatic heterocycles. The van der Waals surface area contributed by atoms with Crippen LogP contribution in [0.2, 0.25) is 5.02 Å². The number of benzene rings is 1. The lowest BCUT2D eigenvalue weighted by Crippen LogP contribution is -2.29. The van der Waals surface area contributed by atoms with Crippen molar-refractivity contribution in [1.82, 2.24) is 0 Å². The van der Waals surface area contributed by atoms with Gasteiger partial charge in [-0.1, -0.05) is 17.7 Å². The van der Waals surface area contributed by atoms with Gasteiger partial charge in [0.05, 0.1) is 6.10 Å². The zero-order valence-electron chi connectivity index (χ0n) is 9.03. The molecule has 0 aromatic heterocycles. The summed E-state index contributed by atoms with van der Waals surface area (Å²) in [6.45, 7) is 3.62. The van der Waals surface area contributed by atoms with Crippen LogP contribution in [-0.4, -0.2) is 19.2 Å². The van der Waals surface area contributed by atoms with E-state index in [0.29, 0.717) is 10.7 Å². The maximum absolute atomic E-state index is 11.5. The van der Waals surface area contributed by atoms with Crippen molar-refractivity contribution in [1.29, 1.82) is 0 Å². The van der Waals surface area contributed by atoms with Gasteiger partial charge in [-0.15, -0.1) is 0 Å². The summed E-state index contributed by atoms with van der Waals surface area (Å²) in [7, 11) is 1.65. The van der Waals surface area contributed by atoms with Gasteiger partial charge in [-0.2, -0.15) is 0 Å². The quantitative estimate of drug-likeness (QED) is 0.776. The number of nitrogens with zero attached hydrogens (tertiary/aromatic N) is 1. The second-order valence-corrected chi connectivity index (χ2v) is 3.91. The molecular weight excluding hydrogens is 214 g/mol. The standard InChI is InChI=1S/C11H14ClNO2/c1-8(2)15-11(14)13(3)10-6-4-5-9(12)7-10/h4-8H,1-3H3. The molecule has 0 spiro atoms. The van der Waals surface area contributed by atoms with E-state index in [0.717, 1.165) is 0 Å². The Morgan fingerprint density at radius 2 is 2.13 bits per heavy atom. The van der Waals surface area contributed by atoms with Crippen molar-refractivity contribution in [2.75, 3.05) is 11.9 Å². The molecule has 0 N–H and O–H groups in total. The van der Waals surface area contributed by atoms with E-state index >= 15 is 0 Å². The molecule has 4 heteroatoms. The number of hydrogen-bond donors (Lipinski definition) is 0. The summed E-state index contributed by atoms with van der Waals surface area (Å²) in [6, 6.07) is 7.06. The minimum atomic E-state index is -0.382. The first-order chi connectivity index (χ1) is 7.00. The van der Waals surface area contributed by atoms with Gasteiger partial charge in [0.2, 0.25) is 0 Å². The Bertz CT molecular complexity index is 352. The number of halogens is 1. The lowest BCUT2D eigenvalue weighted by atomic mass is 10.3. The van der Waals surface area contributed by atoms with Gasteiger partial charge < -0.3 is 4.74 Å². The van der Waals surface area contributed by atoms with Crippen LogP contribution in [0.25, 0.3) is 0 Å². The molecule has 0 bridgehead atoms. The van der Waals surface area contributed by atoms with Crippen molar-refractivity contribution < 1.29 is 9.53 Å². The van der Waals surface area contributed by atoms with E-state index in [1.54, 1.807) is 31.3 Å². The molecular formula is C11H14ClNO2. The van der Waals surface area contributed by atoms with Crippen LogP contribution in [0.15, 0.2) is 24.3 Å². The zero-order chi connectivity index (χ0) is 11.4. The van der Waals surface area contributed by atoms with Crippen LogP contribution >= 0.6 is 11.6 Å². The summed E-state index contributed by atoms with van der Waals surface area (Å²) in [5.41, 5.74) is 0.716. The van der Waals surface area contributed by atoms with Gasteiger partial charge in [-0.25, -0.2) is 4.79 Å². The molecule has 3 nitrogen and oxygen atoms in total. The second-order valence-electron chi connectivity index (χ2n) is 3.47. The highest BCUT2D eigenvalue weighted by atomic mass is 35.5. The average Bonchev–Trinajstić information content (AvgIpc) is 2.15. The van der Waals surface area contributed by atoms with Gasteiger partial charge in [0.1, 0.15) is 0 Å². The third kappa shape index (κ3) is 3.44. The Morgan fingerprint density at radius 1 is 1.47 bits per heavy atom. The molecule has 1 aromatic carbocycles. The largest absolute Gasteiger partial charge is 0.446 e. The van der Waals surface area contributed by atoms with E-state index < -0.39 is 0 Å². The Morgan fingerprint density at radius 3 is 2.67 bits per heavy atom. The molecule has 0 radical (unpaired) electrons. The molecule has 0 heterocycles. The average molecular weight is 228 g/mol. The number of hydrogen-bond acceptors (Lipinski definition) is 2. The fourth-order valence-electron chi connectivity index (χ4n) is 1.07. The predicted molar refractivity (Wildman–Crippen MR) is 61.5 cm³/mol. The summed E-state index contributed by atoms with van der Waals surface area (Å²) >= 11 is 5.82. The van der Waals surface area contributed by atoms with Crippen LogP contribution in [0.5, 0.6) is 0 Å². The number of amides is 1. The third-order valence-corrected chi connectivity index (χ3v) is 2.04. The number of ether oxygens (including phenoxy) is 1. The number of anilines is 1. The van der Waals surface area contributed by atoms with Crippen molar-refractivity contribution in [3.8, 4) is 0 Å². The molecule has 15 heavy (non-hydrogen) atoms. The summed E-state index contributed by atoms with van der Waals surface area (Å²) in [5.74, 6) is 0. The Balaban J connectivity index is 2.76. The van der Waals surface area contributed by atoms with Crippen LogP contribution in [0.4, 0.5) is 10.5 Å². The predicted octanol–water partition coefficient (Wildman–Crippen LogP) is 3.32. The molecule has 0 saturated heterocycles. The second kappa shape index (κ2) is 5.03. The van der Waals surface area contributed by atoms with Crippen LogP contribution in [-0.2, 0) is 4.74 Å². The minimum Gasteiger partial charge on any atom is -0.446 e. The highest BCUT2D eigenvalue weighted by molar-refractivity contribution is 6.30. The fourth-order valence-corrected chi connectivity index (χ4v) is 1.26. The Kier molecular flexibility index (Phi) is 3.97. The molecule has 0 aliphatic rings. The topological polar surface area (TPSA) is 29.5 Å². The molecule has 0 unspecified atom stereocenters. The van der Waals surface area contributed by atoms with Crippen molar-refractivity contribution in [2.45, 2.75) is 20.0 Å². The van der Waals surface area contributed by atoms with E-state index in [2.05, 4.69) is 0 Å². The molecule has 82 valence electrons. The van der Waals surface area contributed by atoms with Gasteiger partial charge in [-0.3, -0.25) is 4.90 Å². The molecule has 0 fully saturated rings. The smallest absolute Gasteiger partial charge is 0.414 e. The molecule has 0 aliphatic carbocycles. The van der Waals surface area contributed by atoms with Crippen LogP contribution in [0.1, 0.15) is 13.8 Å². The zero-order valence-corrected chi connectivity index (χ0v) is 9.78. The van der Waals surface area contributed by atoms with Gasteiger partial charge in [0.25, 0.3) is 0 Å². The summed E-state index contributed by atoms with van der Waals surface area (Å²) in [5, 5.41) is 0.594. The molecule has 1 rings (SSSR count). The fraction of sp³-hybridized carbons (Fsp3) is 0.364. The van der Waals surface area contributed by atoms with E-state index in [1.807, 2.05) is 13.8 Å². The first kappa shape index (κ1) is 11.9. The number of carbonyl (C=O) groups is 1.